The fraction of sp³-hybridized carbons (Fsp3) is 0.667. The molecular weight excluding hydrogens is 128 g/mol. The highest BCUT2D eigenvalue weighted by molar-refractivity contribution is 7.95. The highest BCUT2D eigenvalue weighted by Crippen LogP contribution is 1.73. The Hall–Kier alpha value is -0.420. The Morgan fingerprint density at radius 2 is 2.38 bits per heavy atom. The molecule has 5 heteroatoms. The van der Waals surface area contributed by atoms with E-state index in [4.69, 9.17) is 4.55 Å². The molecule has 0 heterocycles. The third kappa shape index (κ3) is 2.04. The van der Waals surface area contributed by atoms with Crippen LogP contribution < -0.4 is 5.32 Å². The lowest BCUT2D eigenvalue weighted by molar-refractivity contribution is 0.576. The summed E-state index contributed by atoms with van der Waals surface area (Å²) in [5.74, 6) is 0. The maximum Gasteiger partial charge on any atom is 0.222 e. The van der Waals surface area contributed by atoms with Gasteiger partial charge in [0.15, 0.2) is 0 Å². The van der Waals surface area contributed by atoms with Crippen LogP contribution in [-0.2, 0) is 11.1 Å². The first-order valence-electron chi connectivity index (χ1n) is 1.97. The predicted molar refractivity (Wildman–Crippen MR) is 33.2 cm³/mol. The molecule has 0 aliphatic heterocycles. The standard InChI is InChI=1S/C3H8N2O2S/c1-4-3(5-2)8(6)7/h1-2H3,(H,4,5)(H,6,7). The second kappa shape index (κ2) is 3.57. The van der Waals surface area contributed by atoms with Crippen molar-refractivity contribution in [2.45, 2.75) is 0 Å². The Morgan fingerprint density at radius 3 is 2.38 bits per heavy atom. The Morgan fingerprint density at radius 1 is 1.88 bits per heavy atom. The van der Waals surface area contributed by atoms with Crippen molar-refractivity contribution in [3.63, 3.8) is 0 Å². The molecule has 1 atom stereocenters. The molecule has 0 saturated carbocycles. The van der Waals surface area contributed by atoms with Gasteiger partial charge in [-0.25, -0.2) is 4.21 Å². The summed E-state index contributed by atoms with van der Waals surface area (Å²) < 4.78 is 18.4. The molecule has 4 nitrogen and oxygen atoms in total. The van der Waals surface area contributed by atoms with Gasteiger partial charge in [0.1, 0.15) is 0 Å². The molecule has 0 bridgehead atoms. The van der Waals surface area contributed by atoms with E-state index in [2.05, 4.69) is 10.3 Å². The van der Waals surface area contributed by atoms with E-state index in [0.29, 0.717) is 0 Å². The average molecular weight is 136 g/mol. The van der Waals surface area contributed by atoms with Crippen LogP contribution in [0.4, 0.5) is 0 Å². The van der Waals surface area contributed by atoms with Crippen LogP contribution in [-0.4, -0.2) is 28.0 Å². The van der Waals surface area contributed by atoms with Crippen LogP contribution in [0.1, 0.15) is 0 Å². The number of hydrogen-bond acceptors (Lipinski definition) is 2. The number of nitrogens with one attached hydrogen (secondary N) is 1. The van der Waals surface area contributed by atoms with Crippen LogP contribution in [0.3, 0.4) is 0 Å². The number of hydrogen-bond donors (Lipinski definition) is 2. The Bertz CT molecular complexity index is 122. The van der Waals surface area contributed by atoms with Crippen LogP contribution in [0.2, 0.25) is 0 Å². The Kier molecular flexibility index (Phi) is 3.38. The summed E-state index contributed by atoms with van der Waals surface area (Å²) in [5, 5.41) is 2.54. The largest absolute Gasteiger partial charge is 0.364 e. The van der Waals surface area contributed by atoms with Crippen molar-refractivity contribution in [3.05, 3.63) is 0 Å². The molecule has 0 aromatic carbocycles. The molecule has 48 valence electrons. The quantitative estimate of drug-likeness (QED) is 0.266. The Labute approximate surface area is 50.3 Å². The zero-order valence-electron chi connectivity index (χ0n) is 4.71. The Balaban J connectivity index is 3.92. The van der Waals surface area contributed by atoms with Gasteiger partial charge >= 0.3 is 0 Å². The van der Waals surface area contributed by atoms with Gasteiger partial charge < -0.3 is 5.32 Å². The zero-order valence-corrected chi connectivity index (χ0v) is 5.53. The van der Waals surface area contributed by atoms with E-state index in [1.807, 2.05) is 0 Å². The van der Waals surface area contributed by atoms with Crippen molar-refractivity contribution in [2.24, 2.45) is 4.99 Å². The van der Waals surface area contributed by atoms with Crippen LogP contribution in [0.15, 0.2) is 4.99 Å². The number of nitrogens with zero attached hydrogens (tertiary/aromatic N) is 1. The first-order valence-corrected chi connectivity index (χ1v) is 3.08. The molecule has 0 aromatic rings. The summed E-state index contributed by atoms with van der Waals surface area (Å²) in [6, 6.07) is 0. The number of aliphatic imine (C=N–C) groups is 1. The summed E-state index contributed by atoms with van der Waals surface area (Å²) >= 11 is -1.96. The number of rotatable bonds is 0. The summed E-state index contributed by atoms with van der Waals surface area (Å²) in [6.45, 7) is 0. The van der Waals surface area contributed by atoms with Crippen LogP contribution >= 0.6 is 0 Å². The van der Waals surface area contributed by atoms with E-state index in [0.717, 1.165) is 0 Å². The van der Waals surface area contributed by atoms with Gasteiger partial charge in [-0.05, 0) is 0 Å². The normalized spacial score (nSPS) is 15.6. The molecule has 0 rings (SSSR count). The molecular formula is C3H8N2O2S. The minimum absolute atomic E-state index is 0.0880. The summed E-state index contributed by atoms with van der Waals surface area (Å²) in [5.41, 5.74) is 0. The molecule has 0 radical (unpaired) electrons. The predicted octanol–water partition coefficient (Wildman–Crippen LogP) is -0.587. The average Bonchev–Trinajstić information content (AvgIpc) is 1.69. The van der Waals surface area contributed by atoms with Gasteiger partial charge in [0.05, 0.1) is 0 Å². The van der Waals surface area contributed by atoms with E-state index in [9.17, 15) is 4.21 Å². The van der Waals surface area contributed by atoms with E-state index in [1.54, 1.807) is 0 Å². The molecule has 2 N–H and O–H groups in total. The van der Waals surface area contributed by atoms with Crippen molar-refractivity contribution in [3.8, 4) is 0 Å². The molecule has 0 aliphatic rings. The summed E-state index contributed by atoms with van der Waals surface area (Å²) in [6.07, 6.45) is 0. The highest BCUT2D eigenvalue weighted by atomic mass is 32.2. The molecule has 0 fully saturated rings. The minimum atomic E-state index is -1.96. The van der Waals surface area contributed by atoms with Crippen LogP contribution in [0.5, 0.6) is 0 Å². The SMILES string of the molecule is CN=C(NC)S(=O)O. The smallest absolute Gasteiger partial charge is 0.222 e. The maximum atomic E-state index is 10.1. The minimum Gasteiger partial charge on any atom is -0.364 e. The third-order valence-corrected chi connectivity index (χ3v) is 1.30. The van der Waals surface area contributed by atoms with E-state index in [1.165, 1.54) is 14.1 Å². The third-order valence-electron chi connectivity index (χ3n) is 0.582. The second-order valence-electron chi connectivity index (χ2n) is 1.03. The van der Waals surface area contributed by atoms with Gasteiger partial charge in [0, 0.05) is 14.1 Å². The van der Waals surface area contributed by atoms with Gasteiger partial charge in [0.2, 0.25) is 16.2 Å². The molecule has 0 spiro atoms. The van der Waals surface area contributed by atoms with Gasteiger partial charge in [-0.1, -0.05) is 0 Å². The highest BCUT2D eigenvalue weighted by Gasteiger charge is 1.98. The van der Waals surface area contributed by atoms with E-state index in [-0.39, 0.29) is 5.17 Å². The van der Waals surface area contributed by atoms with E-state index < -0.39 is 11.1 Å². The first-order chi connectivity index (χ1) is 3.72. The van der Waals surface area contributed by atoms with Crippen molar-refractivity contribution in [1.29, 1.82) is 0 Å². The van der Waals surface area contributed by atoms with Gasteiger partial charge in [-0.3, -0.25) is 9.55 Å². The molecule has 0 aliphatic carbocycles. The van der Waals surface area contributed by atoms with E-state index >= 15 is 0 Å². The molecule has 0 amide bonds. The van der Waals surface area contributed by atoms with Crippen LogP contribution in [0, 0.1) is 0 Å². The second-order valence-corrected chi connectivity index (χ2v) is 1.91. The lowest BCUT2D eigenvalue weighted by Gasteiger charge is -1.94. The van der Waals surface area contributed by atoms with Crippen molar-refractivity contribution in [1.82, 2.24) is 5.32 Å². The monoisotopic (exact) mass is 136 g/mol. The van der Waals surface area contributed by atoms with Crippen LogP contribution in [0.25, 0.3) is 0 Å². The molecule has 0 aromatic heterocycles. The lowest BCUT2D eigenvalue weighted by Crippen LogP contribution is -2.22. The molecule has 8 heavy (non-hydrogen) atoms. The molecule has 1 unspecified atom stereocenters. The lowest BCUT2D eigenvalue weighted by atomic mass is 11.1. The first kappa shape index (κ1) is 7.58. The van der Waals surface area contributed by atoms with Crippen molar-refractivity contribution >= 4 is 16.2 Å². The topological polar surface area (TPSA) is 61.7 Å². The summed E-state index contributed by atoms with van der Waals surface area (Å²) in [4.78, 5) is 3.46. The van der Waals surface area contributed by atoms with Gasteiger partial charge in [-0.15, -0.1) is 0 Å². The maximum absolute atomic E-state index is 10.1. The zero-order chi connectivity index (χ0) is 6.57. The van der Waals surface area contributed by atoms with Gasteiger partial charge in [-0.2, -0.15) is 0 Å². The number of amidine groups is 1. The molecule has 0 saturated heterocycles. The van der Waals surface area contributed by atoms with Crippen molar-refractivity contribution < 1.29 is 8.76 Å². The fourth-order valence-electron chi connectivity index (χ4n) is 0.277. The fourth-order valence-corrected chi connectivity index (χ4v) is 0.608. The van der Waals surface area contributed by atoms with Crippen molar-refractivity contribution in [2.75, 3.05) is 14.1 Å². The summed E-state index contributed by atoms with van der Waals surface area (Å²) in [7, 11) is 2.98. The van der Waals surface area contributed by atoms with Gasteiger partial charge in [0.25, 0.3) is 0 Å².